The average Bonchev–Trinajstić information content (AvgIpc) is 2.97. The first-order chi connectivity index (χ1) is 10.3. The van der Waals surface area contributed by atoms with Crippen molar-refractivity contribution >= 4 is 11.8 Å². The topological polar surface area (TPSA) is 30.5 Å². The second-order valence-corrected chi connectivity index (χ2v) is 6.09. The molecule has 0 aliphatic carbocycles. The molecule has 2 aromatic rings. The van der Waals surface area contributed by atoms with Gasteiger partial charge in [-0.05, 0) is 43.3 Å². The Morgan fingerprint density at radius 3 is 2.76 bits per heavy atom. The summed E-state index contributed by atoms with van der Waals surface area (Å²) in [7, 11) is 1.99. The van der Waals surface area contributed by atoms with Gasteiger partial charge >= 0.3 is 0 Å². The lowest BCUT2D eigenvalue weighted by molar-refractivity contribution is 0.174. The van der Waals surface area contributed by atoms with Gasteiger partial charge in [-0.2, -0.15) is 0 Å². The van der Waals surface area contributed by atoms with Crippen molar-refractivity contribution in [3.8, 4) is 11.5 Å². The van der Waals surface area contributed by atoms with Gasteiger partial charge in [0.2, 0.25) is 6.79 Å². The molecule has 3 nitrogen and oxygen atoms in total. The predicted octanol–water partition coefficient (Wildman–Crippen LogP) is 3.78. The largest absolute Gasteiger partial charge is 0.454 e. The molecule has 1 aliphatic rings. The van der Waals surface area contributed by atoms with Crippen LogP contribution in [0.1, 0.15) is 17.2 Å². The molecule has 0 aromatic heterocycles. The van der Waals surface area contributed by atoms with Crippen LogP contribution < -0.4 is 14.8 Å². The van der Waals surface area contributed by atoms with Crippen LogP contribution in [0, 0.1) is 6.92 Å². The summed E-state index contributed by atoms with van der Waals surface area (Å²) < 4.78 is 10.8. The van der Waals surface area contributed by atoms with E-state index < -0.39 is 0 Å². The van der Waals surface area contributed by atoms with Gasteiger partial charge in [0.05, 0.1) is 0 Å². The van der Waals surface area contributed by atoms with E-state index in [9.17, 15) is 0 Å². The van der Waals surface area contributed by atoms with Crippen LogP contribution in [0.5, 0.6) is 11.5 Å². The molecule has 0 bridgehead atoms. The average molecular weight is 301 g/mol. The van der Waals surface area contributed by atoms with Crippen LogP contribution >= 0.6 is 11.8 Å². The van der Waals surface area contributed by atoms with Crippen LogP contribution in [0.3, 0.4) is 0 Å². The summed E-state index contributed by atoms with van der Waals surface area (Å²) in [5.41, 5.74) is 2.55. The van der Waals surface area contributed by atoms with E-state index in [0.29, 0.717) is 6.79 Å². The second-order valence-electron chi connectivity index (χ2n) is 5.03. The van der Waals surface area contributed by atoms with Crippen molar-refractivity contribution in [1.82, 2.24) is 5.32 Å². The van der Waals surface area contributed by atoms with Crippen LogP contribution in [-0.2, 0) is 0 Å². The van der Waals surface area contributed by atoms with Gasteiger partial charge in [0, 0.05) is 16.7 Å². The van der Waals surface area contributed by atoms with Gasteiger partial charge in [-0.3, -0.25) is 0 Å². The zero-order valence-corrected chi connectivity index (χ0v) is 13.1. The quantitative estimate of drug-likeness (QED) is 0.852. The maximum Gasteiger partial charge on any atom is 0.231 e. The summed E-state index contributed by atoms with van der Waals surface area (Å²) in [4.78, 5) is 1.33. The Kier molecular flexibility index (Phi) is 4.36. The van der Waals surface area contributed by atoms with Crippen molar-refractivity contribution < 1.29 is 9.47 Å². The van der Waals surface area contributed by atoms with Crippen molar-refractivity contribution in [3.63, 3.8) is 0 Å². The van der Waals surface area contributed by atoms with E-state index in [4.69, 9.17) is 9.47 Å². The standard InChI is InChI=1S/C17H19NO2S/c1-12-5-3-4-6-17(12)21-10-14(18-2)13-7-8-15-16(9-13)20-11-19-15/h3-9,14,18H,10-11H2,1-2H3. The SMILES string of the molecule is CNC(CSc1ccccc1C)c1ccc2c(c1)OCO2. The number of ether oxygens (including phenoxy) is 2. The summed E-state index contributed by atoms with van der Waals surface area (Å²) in [6, 6.07) is 14.9. The fourth-order valence-electron chi connectivity index (χ4n) is 2.37. The maximum atomic E-state index is 5.46. The van der Waals surface area contributed by atoms with E-state index in [1.807, 2.05) is 24.9 Å². The van der Waals surface area contributed by atoms with Crippen molar-refractivity contribution in [2.75, 3.05) is 19.6 Å². The maximum absolute atomic E-state index is 5.46. The molecule has 2 aromatic carbocycles. The Morgan fingerprint density at radius 1 is 1.14 bits per heavy atom. The van der Waals surface area contributed by atoms with Gasteiger partial charge in [-0.25, -0.2) is 0 Å². The zero-order chi connectivity index (χ0) is 14.7. The monoisotopic (exact) mass is 301 g/mol. The molecule has 21 heavy (non-hydrogen) atoms. The molecule has 0 saturated heterocycles. The molecule has 1 unspecified atom stereocenters. The first-order valence-electron chi connectivity index (χ1n) is 7.03. The van der Waals surface area contributed by atoms with Crippen LogP contribution in [-0.4, -0.2) is 19.6 Å². The van der Waals surface area contributed by atoms with Gasteiger partial charge in [-0.1, -0.05) is 24.3 Å². The number of thioether (sulfide) groups is 1. The molecule has 110 valence electrons. The molecular formula is C17H19NO2S. The lowest BCUT2D eigenvalue weighted by Crippen LogP contribution is -2.18. The van der Waals surface area contributed by atoms with E-state index in [1.54, 1.807) is 0 Å². The fraction of sp³-hybridized carbons (Fsp3) is 0.294. The summed E-state index contributed by atoms with van der Waals surface area (Å²) in [6.07, 6.45) is 0. The molecule has 0 radical (unpaired) electrons. The van der Waals surface area contributed by atoms with Crippen molar-refractivity contribution in [2.24, 2.45) is 0 Å². The summed E-state index contributed by atoms with van der Waals surface area (Å²) in [5.74, 6) is 2.65. The van der Waals surface area contributed by atoms with E-state index in [-0.39, 0.29) is 6.04 Å². The number of nitrogens with one attached hydrogen (secondary N) is 1. The molecule has 1 atom stereocenters. The van der Waals surface area contributed by atoms with Crippen molar-refractivity contribution in [2.45, 2.75) is 17.9 Å². The first kappa shape index (κ1) is 14.3. The normalized spacial score (nSPS) is 14.2. The van der Waals surface area contributed by atoms with Gasteiger partial charge in [0.25, 0.3) is 0 Å². The van der Waals surface area contributed by atoms with Crippen LogP contribution in [0.2, 0.25) is 0 Å². The van der Waals surface area contributed by atoms with Crippen LogP contribution in [0.15, 0.2) is 47.4 Å². The predicted molar refractivity (Wildman–Crippen MR) is 86.3 cm³/mol. The minimum Gasteiger partial charge on any atom is -0.454 e. The number of hydrogen-bond acceptors (Lipinski definition) is 4. The smallest absolute Gasteiger partial charge is 0.231 e. The molecule has 0 saturated carbocycles. The van der Waals surface area contributed by atoms with E-state index in [2.05, 4.69) is 48.6 Å². The highest BCUT2D eigenvalue weighted by atomic mass is 32.2. The molecule has 0 amide bonds. The Balaban J connectivity index is 1.72. The van der Waals surface area contributed by atoms with E-state index in [1.165, 1.54) is 16.0 Å². The molecule has 0 fully saturated rings. The minimum absolute atomic E-state index is 0.282. The Morgan fingerprint density at radius 2 is 1.95 bits per heavy atom. The third-order valence-electron chi connectivity index (χ3n) is 3.65. The Labute approximate surface area is 129 Å². The van der Waals surface area contributed by atoms with Gasteiger partial charge in [0.1, 0.15) is 0 Å². The molecule has 0 spiro atoms. The zero-order valence-electron chi connectivity index (χ0n) is 12.3. The Bertz CT molecular complexity index is 630. The molecular weight excluding hydrogens is 282 g/mol. The summed E-state index contributed by atoms with van der Waals surface area (Å²) in [5, 5.41) is 3.38. The molecule has 1 aliphatic heterocycles. The fourth-order valence-corrected chi connectivity index (χ4v) is 3.54. The minimum atomic E-state index is 0.282. The third kappa shape index (κ3) is 3.17. The second kappa shape index (κ2) is 6.41. The highest BCUT2D eigenvalue weighted by Crippen LogP contribution is 2.35. The van der Waals surface area contributed by atoms with Crippen LogP contribution in [0.25, 0.3) is 0 Å². The van der Waals surface area contributed by atoms with Crippen molar-refractivity contribution in [1.29, 1.82) is 0 Å². The lowest BCUT2D eigenvalue weighted by atomic mass is 10.1. The highest BCUT2D eigenvalue weighted by molar-refractivity contribution is 7.99. The Hall–Kier alpha value is -1.65. The number of fused-ring (bicyclic) bond motifs is 1. The first-order valence-corrected chi connectivity index (χ1v) is 8.01. The van der Waals surface area contributed by atoms with Crippen molar-refractivity contribution in [3.05, 3.63) is 53.6 Å². The third-order valence-corrected chi connectivity index (χ3v) is 4.92. The van der Waals surface area contributed by atoms with E-state index in [0.717, 1.165) is 17.3 Å². The van der Waals surface area contributed by atoms with Crippen LogP contribution in [0.4, 0.5) is 0 Å². The number of aryl methyl sites for hydroxylation is 1. The molecule has 1 heterocycles. The van der Waals surface area contributed by atoms with Gasteiger partial charge in [-0.15, -0.1) is 11.8 Å². The lowest BCUT2D eigenvalue weighted by Gasteiger charge is -2.17. The van der Waals surface area contributed by atoms with Gasteiger partial charge < -0.3 is 14.8 Å². The molecule has 1 N–H and O–H groups in total. The number of benzene rings is 2. The summed E-state index contributed by atoms with van der Waals surface area (Å²) >= 11 is 1.87. The highest BCUT2D eigenvalue weighted by Gasteiger charge is 2.17. The number of hydrogen-bond donors (Lipinski definition) is 1. The van der Waals surface area contributed by atoms with E-state index >= 15 is 0 Å². The molecule has 3 rings (SSSR count). The van der Waals surface area contributed by atoms with Gasteiger partial charge in [0.15, 0.2) is 11.5 Å². The molecule has 4 heteroatoms. The summed E-state index contributed by atoms with van der Waals surface area (Å²) in [6.45, 7) is 2.47. The number of rotatable bonds is 5.